The second-order valence-corrected chi connectivity index (χ2v) is 8.40. The SMILES string of the molecule is CCOC(=O)c1cc(C(=O)NC23CC4CC(CC(C4)C2)C3)cc([N+](=O)[O-])c1. The maximum absolute atomic E-state index is 13.0. The van der Waals surface area contributed by atoms with E-state index in [4.69, 9.17) is 4.74 Å². The molecule has 4 aliphatic rings. The van der Waals surface area contributed by atoms with Crippen LogP contribution >= 0.6 is 0 Å². The summed E-state index contributed by atoms with van der Waals surface area (Å²) in [5.74, 6) is 1.03. The third kappa shape index (κ3) is 3.42. The van der Waals surface area contributed by atoms with E-state index in [9.17, 15) is 19.7 Å². The van der Waals surface area contributed by atoms with Crippen molar-refractivity contribution in [2.45, 2.75) is 51.0 Å². The minimum absolute atomic E-state index is 0.0294. The molecule has 0 atom stereocenters. The number of ether oxygens (including phenoxy) is 1. The first-order valence-corrected chi connectivity index (χ1v) is 9.66. The summed E-state index contributed by atoms with van der Waals surface area (Å²) in [7, 11) is 0. The summed E-state index contributed by atoms with van der Waals surface area (Å²) >= 11 is 0. The topological polar surface area (TPSA) is 98.5 Å². The van der Waals surface area contributed by atoms with Gasteiger partial charge in [0.25, 0.3) is 11.6 Å². The van der Waals surface area contributed by atoms with E-state index in [0.29, 0.717) is 17.8 Å². The summed E-state index contributed by atoms with van der Waals surface area (Å²) in [5, 5.41) is 14.4. The Kier molecular flexibility index (Phi) is 4.40. The molecule has 1 aromatic carbocycles. The van der Waals surface area contributed by atoms with Gasteiger partial charge in [-0.15, -0.1) is 0 Å². The third-order valence-electron chi connectivity index (χ3n) is 6.32. The number of rotatable bonds is 5. The number of nitro benzene ring substituents is 1. The molecule has 0 heterocycles. The molecule has 144 valence electrons. The number of amides is 1. The van der Waals surface area contributed by atoms with Gasteiger partial charge < -0.3 is 10.1 Å². The number of hydrogen-bond donors (Lipinski definition) is 1. The lowest BCUT2D eigenvalue weighted by molar-refractivity contribution is -0.384. The number of hydrogen-bond acceptors (Lipinski definition) is 5. The molecule has 5 rings (SSSR count). The fourth-order valence-electron chi connectivity index (χ4n) is 5.76. The van der Waals surface area contributed by atoms with Crippen molar-refractivity contribution in [1.29, 1.82) is 0 Å². The van der Waals surface area contributed by atoms with Crippen LogP contribution in [0, 0.1) is 27.9 Å². The Hall–Kier alpha value is -2.44. The van der Waals surface area contributed by atoms with Crippen molar-refractivity contribution in [1.82, 2.24) is 5.32 Å². The Morgan fingerprint density at radius 2 is 1.67 bits per heavy atom. The van der Waals surface area contributed by atoms with Crippen molar-refractivity contribution < 1.29 is 19.2 Å². The summed E-state index contributed by atoms with van der Waals surface area (Å²) in [5.41, 5.74) is -0.304. The molecule has 0 unspecified atom stereocenters. The predicted molar refractivity (Wildman–Crippen MR) is 97.4 cm³/mol. The Balaban J connectivity index is 1.59. The lowest BCUT2D eigenvalue weighted by Crippen LogP contribution is -2.59. The number of nitrogens with one attached hydrogen (secondary N) is 1. The normalized spacial score (nSPS) is 30.8. The van der Waals surface area contributed by atoms with Gasteiger partial charge in [-0.2, -0.15) is 0 Å². The van der Waals surface area contributed by atoms with Crippen molar-refractivity contribution in [2.75, 3.05) is 6.61 Å². The maximum Gasteiger partial charge on any atom is 0.338 e. The average molecular weight is 372 g/mol. The van der Waals surface area contributed by atoms with Crippen molar-refractivity contribution >= 4 is 17.6 Å². The largest absolute Gasteiger partial charge is 0.462 e. The van der Waals surface area contributed by atoms with Gasteiger partial charge in [-0.3, -0.25) is 14.9 Å². The van der Waals surface area contributed by atoms with Gasteiger partial charge in [0, 0.05) is 23.2 Å². The molecule has 7 nitrogen and oxygen atoms in total. The molecular formula is C20H24N2O5. The van der Waals surface area contributed by atoms with Crippen LogP contribution in [-0.2, 0) is 4.74 Å². The monoisotopic (exact) mass is 372 g/mol. The number of carbonyl (C=O) groups is 2. The van der Waals surface area contributed by atoms with Gasteiger partial charge in [0.15, 0.2) is 0 Å². The van der Waals surface area contributed by atoms with Crippen LogP contribution < -0.4 is 5.32 Å². The van der Waals surface area contributed by atoms with E-state index in [2.05, 4.69) is 5.32 Å². The Labute approximate surface area is 157 Å². The quantitative estimate of drug-likeness (QED) is 0.485. The highest BCUT2D eigenvalue weighted by Gasteiger charge is 2.51. The van der Waals surface area contributed by atoms with Crippen molar-refractivity contribution in [3.8, 4) is 0 Å². The number of benzene rings is 1. The van der Waals surface area contributed by atoms with Gasteiger partial charge in [0.05, 0.1) is 17.1 Å². The van der Waals surface area contributed by atoms with Gasteiger partial charge >= 0.3 is 5.97 Å². The molecule has 4 bridgehead atoms. The standard InChI is InChI=1S/C20H24N2O5/c1-2-27-19(24)16-6-15(7-17(8-16)22(25)26)18(23)21-20-9-12-3-13(10-20)5-14(4-12)11-20/h6-8,12-14H,2-5,9-11H2,1H3,(H,21,23). The molecule has 1 N–H and O–H groups in total. The van der Waals surface area contributed by atoms with Crippen LogP contribution in [0.1, 0.15) is 66.2 Å². The minimum Gasteiger partial charge on any atom is -0.462 e. The first-order chi connectivity index (χ1) is 12.9. The van der Waals surface area contributed by atoms with E-state index in [-0.39, 0.29) is 34.9 Å². The molecule has 7 heteroatoms. The molecule has 4 aliphatic carbocycles. The number of esters is 1. The summed E-state index contributed by atoms with van der Waals surface area (Å²) < 4.78 is 4.94. The highest BCUT2D eigenvalue weighted by molar-refractivity contribution is 5.99. The van der Waals surface area contributed by atoms with Crippen LogP contribution in [0.5, 0.6) is 0 Å². The fraction of sp³-hybridized carbons (Fsp3) is 0.600. The van der Waals surface area contributed by atoms with Crippen molar-refractivity contribution in [3.63, 3.8) is 0 Å². The average Bonchev–Trinajstić information content (AvgIpc) is 2.60. The first kappa shape index (κ1) is 17.9. The molecule has 0 saturated heterocycles. The number of nitro groups is 1. The van der Waals surface area contributed by atoms with Crippen molar-refractivity contribution in [2.24, 2.45) is 17.8 Å². The van der Waals surface area contributed by atoms with E-state index in [1.165, 1.54) is 31.4 Å². The zero-order valence-corrected chi connectivity index (χ0v) is 15.4. The first-order valence-electron chi connectivity index (χ1n) is 9.66. The number of nitrogens with zero attached hydrogens (tertiary/aromatic N) is 1. The molecular weight excluding hydrogens is 348 g/mol. The second kappa shape index (κ2) is 6.62. The van der Waals surface area contributed by atoms with Crippen LogP contribution in [0.3, 0.4) is 0 Å². The second-order valence-electron chi connectivity index (χ2n) is 8.40. The van der Waals surface area contributed by atoms with Crippen molar-refractivity contribution in [3.05, 3.63) is 39.4 Å². The number of carbonyl (C=O) groups excluding carboxylic acids is 2. The number of non-ortho nitro benzene ring substituents is 1. The van der Waals surface area contributed by atoms with Crippen LogP contribution in [0.25, 0.3) is 0 Å². The summed E-state index contributed by atoms with van der Waals surface area (Å²) in [6, 6.07) is 3.78. The lowest BCUT2D eigenvalue weighted by atomic mass is 9.53. The van der Waals surface area contributed by atoms with Gasteiger partial charge in [-0.1, -0.05) is 0 Å². The van der Waals surface area contributed by atoms with Crippen LogP contribution in [0.4, 0.5) is 5.69 Å². The molecule has 27 heavy (non-hydrogen) atoms. The zero-order valence-electron chi connectivity index (χ0n) is 15.4. The molecule has 0 spiro atoms. The Morgan fingerprint density at radius 3 is 2.19 bits per heavy atom. The smallest absolute Gasteiger partial charge is 0.338 e. The molecule has 0 radical (unpaired) electrons. The van der Waals surface area contributed by atoms with E-state index in [0.717, 1.165) is 25.3 Å². The van der Waals surface area contributed by atoms with E-state index < -0.39 is 10.9 Å². The maximum atomic E-state index is 13.0. The molecule has 0 aliphatic heterocycles. The van der Waals surface area contributed by atoms with Gasteiger partial charge in [-0.25, -0.2) is 4.79 Å². The Bertz CT molecular complexity index is 768. The van der Waals surface area contributed by atoms with Gasteiger partial charge in [0.2, 0.25) is 0 Å². The Morgan fingerprint density at radius 1 is 1.11 bits per heavy atom. The molecule has 1 aromatic rings. The summed E-state index contributed by atoms with van der Waals surface area (Å²) in [6.07, 6.45) is 6.76. The van der Waals surface area contributed by atoms with Crippen LogP contribution in [0.2, 0.25) is 0 Å². The summed E-state index contributed by atoms with van der Waals surface area (Å²) in [4.78, 5) is 35.6. The predicted octanol–water partition coefficient (Wildman–Crippen LogP) is 3.47. The van der Waals surface area contributed by atoms with Crippen LogP contribution in [0.15, 0.2) is 18.2 Å². The molecule has 1 amide bonds. The third-order valence-corrected chi connectivity index (χ3v) is 6.32. The van der Waals surface area contributed by atoms with E-state index >= 15 is 0 Å². The summed E-state index contributed by atoms with van der Waals surface area (Å²) in [6.45, 7) is 1.83. The van der Waals surface area contributed by atoms with E-state index in [1.54, 1.807) is 6.92 Å². The van der Waals surface area contributed by atoms with Gasteiger partial charge in [-0.05, 0) is 69.3 Å². The molecule has 4 fully saturated rings. The van der Waals surface area contributed by atoms with Gasteiger partial charge in [0.1, 0.15) is 0 Å². The molecule has 0 aromatic heterocycles. The minimum atomic E-state index is -0.662. The molecule has 4 saturated carbocycles. The van der Waals surface area contributed by atoms with E-state index in [1.807, 2.05) is 0 Å². The zero-order chi connectivity index (χ0) is 19.2. The lowest BCUT2D eigenvalue weighted by Gasteiger charge is -2.56. The highest BCUT2D eigenvalue weighted by atomic mass is 16.6. The van der Waals surface area contributed by atoms with Crippen LogP contribution in [-0.4, -0.2) is 28.9 Å². The fourth-order valence-corrected chi connectivity index (χ4v) is 5.76. The highest BCUT2D eigenvalue weighted by Crippen LogP contribution is 2.55.